The third kappa shape index (κ3) is 5.06. The summed E-state index contributed by atoms with van der Waals surface area (Å²) in [7, 11) is 1.58. The molecule has 24 heavy (non-hydrogen) atoms. The van der Waals surface area contributed by atoms with Gasteiger partial charge >= 0.3 is 0 Å². The molecule has 0 aromatic heterocycles. The fourth-order valence-corrected chi connectivity index (χ4v) is 2.52. The number of hydrogen-bond acceptors (Lipinski definition) is 3. The van der Waals surface area contributed by atoms with E-state index in [1.807, 2.05) is 12.1 Å². The van der Waals surface area contributed by atoms with E-state index >= 15 is 0 Å². The molecule has 0 unspecified atom stereocenters. The summed E-state index contributed by atoms with van der Waals surface area (Å²) < 4.78 is 18.2. The molecule has 4 nitrogen and oxygen atoms in total. The van der Waals surface area contributed by atoms with Crippen molar-refractivity contribution in [3.63, 3.8) is 0 Å². The summed E-state index contributed by atoms with van der Waals surface area (Å²) in [5, 5.41) is 6.07. The van der Waals surface area contributed by atoms with Gasteiger partial charge in [0.25, 0.3) is 0 Å². The first-order valence-corrected chi connectivity index (χ1v) is 7.92. The minimum absolute atomic E-state index is 0.0262. The van der Waals surface area contributed by atoms with E-state index in [2.05, 4.69) is 24.5 Å². The summed E-state index contributed by atoms with van der Waals surface area (Å²) in [4.78, 5) is 12.2. The van der Waals surface area contributed by atoms with E-state index < -0.39 is 0 Å². The number of amides is 1. The summed E-state index contributed by atoms with van der Waals surface area (Å²) in [5.74, 6) is 0.542. The highest BCUT2D eigenvalue weighted by molar-refractivity contribution is 5.92. The highest BCUT2D eigenvalue weighted by atomic mass is 19.1. The standard InChI is InChI=1S/C19H23FN2O2/c1-13(2)19(14-7-9-15(20)10-8-14)21-12-18(23)22-16-5-4-6-17(11-16)24-3/h4-11,13,19,21H,12H2,1-3H3,(H,22,23)/t19-/m1/s1. The third-order valence-corrected chi connectivity index (χ3v) is 3.73. The van der Waals surface area contributed by atoms with Gasteiger partial charge < -0.3 is 15.4 Å². The Bertz CT molecular complexity index is 671. The summed E-state index contributed by atoms with van der Waals surface area (Å²) >= 11 is 0. The predicted molar refractivity (Wildman–Crippen MR) is 93.6 cm³/mol. The van der Waals surface area contributed by atoms with Crippen LogP contribution in [0.4, 0.5) is 10.1 Å². The zero-order valence-corrected chi connectivity index (χ0v) is 14.2. The molecule has 0 bridgehead atoms. The lowest BCUT2D eigenvalue weighted by molar-refractivity contribution is -0.115. The molecule has 2 rings (SSSR count). The summed E-state index contributed by atoms with van der Waals surface area (Å²) in [6, 6.07) is 13.5. The van der Waals surface area contributed by atoms with Crippen molar-refractivity contribution in [1.29, 1.82) is 0 Å². The maximum atomic E-state index is 13.1. The molecular weight excluding hydrogens is 307 g/mol. The van der Waals surface area contributed by atoms with E-state index in [9.17, 15) is 9.18 Å². The van der Waals surface area contributed by atoms with Crippen molar-refractivity contribution < 1.29 is 13.9 Å². The second-order valence-corrected chi connectivity index (χ2v) is 5.93. The molecule has 0 aliphatic rings. The largest absolute Gasteiger partial charge is 0.497 e. The van der Waals surface area contributed by atoms with Crippen LogP contribution in [0.1, 0.15) is 25.5 Å². The van der Waals surface area contributed by atoms with Crippen molar-refractivity contribution in [3.8, 4) is 5.75 Å². The zero-order chi connectivity index (χ0) is 17.5. The zero-order valence-electron chi connectivity index (χ0n) is 14.2. The molecule has 0 aliphatic carbocycles. The average Bonchev–Trinajstić information content (AvgIpc) is 2.56. The van der Waals surface area contributed by atoms with Gasteiger partial charge in [-0.1, -0.05) is 32.0 Å². The number of anilines is 1. The van der Waals surface area contributed by atoms with E-state index in [-0.39, 0.29) is 30.2 Å². The molecule has 0 radical (unpaired) electrons. The van der Waals surface area contributed by atoms with E-state index in [1.54, 1.807) is 31.4 Å². The molecule has 2 aromatic rings. The van der Waals surface area contributed by atoms with Crippen molar-refractivity contribution >= 4 is 11.6 Å². The van der Waals surface area contributed by atoms with E-state index in [0.29, 0.717) is 11.4 Å². The average molecular weight is 330 g/mol. The Kier molecular flexibility index (Phi) is 6.32. The molecule has 0 saturated carbocycles. The number of nitrogens with one attached hydrogen (secondary N) is 2. The summed E-state index contributed by atoms with van der Waals surface area (Å²) in [5.41, 5.74) is 1.64. The van der Waals surface area contributed by atoms with Crippen LogP contribution in [0, 0.1) is 11.7 Å². The fraction of sp³-hybridized carbons (Fsp3) is 0.316. The van der Waals surface area contributed by atoms with Gasteiger partial charge in [0.15, 0.2) is 0 Å². The second kappa shape index (κ2) is 8.45. The molecule has 1 amide bonds. The van der Waals surface area contributed by atoms with Crippen molar-refractivity contribution in [3.05, 3.63) is 59.9 Å². The maximum Gasteiger partial charge on any atom is 0.238 e. The molecular formula is C19H23FN2O2. The van der Waals surface area contributed by atoms with Crippen LogP contribution in [-0.2, 0) is 4.79 Å². The Morgan fingerprint density at radius 3 is 2.50 bits per heavy atom. The lowest BCUT2D eigenvalue weighted by Crippen LogP contribution is -2.33. The molecule has 0 aliphatic heterocycles. The summed E-state index contributed by atoms with van der Waals surface area (Å²) in [6.07, 6.45) is 0. The normalized spacial score (nSPS) is 12.0. The fourth-order valence-electron chi connectivity index (χ4n) is 2.52. The van der Waals surface area contributed by atoms with Gasteiger partial charge in [0.1, 0.15) is 11.6 Å². The SMILES string of the molecule is COc1cccc(NC(=O)CN[C@@H](c2ccc(F)cc2)C(C)C)c1. The Labute approximate surface area is 142 Å². The van der Waals surface area contributed by atoms with Crippen LogP contribution in [0.5, 0.6) is 5.75 Å². The van der Waals surface area contributed by atoms with Crippen LogP contribution in [-0.4, -0.2) is 19.6 Å². The Balaban J connectivity index is 1.96. The first-order chi connectivity index (χ1) is 11.5. The van der Waals surface area contributed by atoms with Gasteiger partial charge in [-0.2, -0.15) is 0 Å². The van der Waals surface area contributed by atoms with Crippen LogP contribution < -0.4 is 15.4 Å². The number of ether oxygens (including phenoxy) is 1. The van der Waals surface area contributed by atoms with Crippen LogP contribution >= 0.6 is 0 Å². The number of benzene rings is 2. The monoisotopic (exact) mass is 330 g/mol. The molecule has 0 fully saturated rings. The van der Waals surface area contributed by atoms with E-state index in [0.717, 1.165) is 5.56 Å². The van der Waals surface area contributed by atoms with Crippen LogP contribution in [0.25, 0.3) is 0 Å². The highest BCUT2D eigenvalue weighted by Crippen LogP contribution is 2.22. The smallest absolute Gasteiger partial charge is 0.238 e. The molecule has 128 valence electrons. The Morgan fingerprint density at radius 1 is 1.17 bits per heavy atom. The van der Waals surface area contributed by atoms with Crippen LogP contribution in [0.2, 0.25) is 0 Å². The minimum Gasteiger partial charge on any atom is -0.497 e. The quantitative estimate of drug-likeness (QED) is 0.813. The van der Waals surface area contributed by atoms with Crippen molar-refractivity contribution in [2.24, 2.45) is 5.92 Å². The van der Waals surface area contributed by atoms with Gasteiger partial charge in [0.2, 0.25) is 5.91 Å². The van der Waals surface area contributed by atoms with E-state index in [4.69, 9.17) is 4.74 Å². The molecule has 5 heteroatoms. The lowest BCUT2D eigenvalue weighted by atomic mass is 9.96. The molecule has 0 spiro atoms. The number of methoxy groups -OCH3 is 1. The van der Waals surface area contributed by atoms with Gasteiger partial charge in [-0.3, -0.25) is 4.79 Å². The summed E-state index contributed by atoms with van der Waals surface area (Å²) in [6.45, 7) is 4.28. The molecule has 2 aromatic carbocycles. The highest BCUT2D eigenvalue weighted by Gasteiger charge is 2.16. The van der Waals surface area contributed by atoms with Crippen molar-refractivity contribution in [2.75, 3.05) is 19.0 Å². The van der Waals surface area contributed by atoms with Gasteiger partial charge in [-0.15, -0.1) is 0 Å². The molecule has 0 heterocycles. The minimum atomic E-state index is -0.267. The van der Waals surface area contributed by atoms with Gasteiger partial charge in [0.05, 0.1) is 13.7 Å². The Hall–Kier alpha value is -2.40. The predicted octanol–water partition coefficient (Wildman–Crippen LogP) is 3.76. The number of rotatable bonds is 7. The first-order valence-electron chi connectivity index (χ1n) is 7.92. The molecule has 1 atom stereocenters. The third-order valence-electron chi connectivity index (χ3n) is 3.73. The topological polar surface area (TPSA) is 50.4 Å². The van der Waals surface area contributed by atoms with Gasteiger partial charge in [0, 0.05) is 17.8 Å². The maximum absolute atomic E-state index is 13.1. The number of hydrogen-bond donors (Lipinski definition) is 2. The van der Waals surface area contributed by atoms with Gasteiger partial charge in [-0.05, 0) is 35.7 Å². The number of halogens is 1. The molecule has 0 saturated heterocycles. The second-order valence-electron chi connectivity index (χ2n) is 5.93. The number of carbonyl (C=O) groups is 1. The first kappa shape index (κ1) is 17.9. The van der Waals surface area contributed by atoms with Gasteiger partial charge in [-0.25, -0.2) is 4.39 Å². The van der Waals surface area contributed by atoms with E-state index in [1.165, 1.54) is 12.1 Å². The molecule has 2 N–H and O–H groups in total. The van der Waals surface area contributed by atoms with Crippen molar-refractivity contribution in [1.82, 2.24) is 5.32 Å². The number of carbonyl (C=O) groups excluding carboxylic acids is 1. The van der Waals surface area contributed by atoms with Crippen LogP contribution in [0.3, 0.4) is 0 Å². The lowest BCUT2D eigenvalue weighted by Gasteiger charge is -2.23. The Morgan fingerprint density at radius 2 is 1.88 bits per heavy atom. The van der Waals surface area contributed by atoms with Crippen molar-refractivity contribution in [2.45, 2.75) is 19.9 Å². The van der Waals surface area contributed by atoms with Crippen LogP contribution in [0.15, 0.2) is 48.5 Å².